The van der Waals surface area contributed by atoms with Crippen LogP contribution in [0, 0.1) is 0 Å². The number of carbonyl (C=O) groups is 1. The number of nitrogens with one attached hydrogen (secondary N) is 1. The Morgan fingerprint density at radius 1 is 1.09 bits per heavy atom. The van der Waals surface area contributed by atoms with Crippen LogP contribution in [0.1, 0.15) is 32.6 Å². The van der Waals surface area contributed by atoms with Gasteiger partial charge in [-0.05, 0) is 59.0 Å². The van der Waals surface area contributed by atoms with Crippen LogP contribution in [0.15, 0.2) is 84.5 Å². The number of hydrogen-bond donors (Lipinski definition) is 1. The molecule has 4 rings (SSSR count). The predicted molar refractivity (Wildman–Crippen MR) is 134 cm³/mol. The van der Waals surface area contributed by atoms with E-state index in [9.17, 15) is 4.79 Å². The molecule has 1 N–H and O–H groups in total. The zero-order valence-electron chi connectivity index (χ0n) is 19.4. The molecular formula is C28H29N3O3. The lowest BCUT2D eigenvalue weighted by molar-refractivity contribution is 0.0955. The molecule has 34 heavy (non-hydrogen) atoms. The SMILES string of the molecule is C=CCOc1ccc(/C=N/NC(=O)c2ccc(CN3CCc4ccccc4C3)cc2)cc1OC. The maximum absolute atomic E-state index is 12.5. The zero-order valence-corrected chi connectivity index (χ0v) is 19.4. The lowest BCUT2D eigenvalue weighted by Crippen LogP contribution is -2.30. The third-order valence-electron chi connectivity index (χ3n) is 5.76. The second kappa shape index (κ2) is 11.3. The highest BCUT2D eigenvalue weighted by molar-refractivity contribution is 5.95. The molecule has 0 saturated carbocycles. The summed E-state index contributed by atoms with van der Waals surface area (Å²) in [5.41, 5.74) is 7.96. The van der Waals surface area contributed by atoms with E-state index in [4.69, 9.17) is 9.47 Å². The van der Waals surface area contributed by atoms with Crippen molar-refractivity contribution >= 4 is 12.1 Å². The van der Waals surface area contributed by atoms with Gasteiger partial charge in [-0.1, -0.05) is 49.1 Å². The highest BCUT2D eigenvalue weighted by atomic mass is 16.5. The molecule has 3 aromatic rings. The van der Waals surface area contributed by atoms with Crippen molar-refractivity contribution in [3.63, 3.8) is 0 Å². The van der Waals surface area contributed by atoms with E-state index in [1.54, 1.807) is 31.5 Å². The van der Waals surface area contributed by atoms with Gasteiger partial charge in [-0.3, -0.25) is 9.69 Å². The van der Waals surface area contributed by atoms with Crippen molar-refractivity contribution in [2.45, 2.75) is 19.5 Å². The summed E-state index contributed by atoms with van der Waals surface area (Å²) in [6, 6.07) is 21.7. The van der Waals surface area contributed by atoms with Gasteiger partial charge in [0.15, 0.2) is 11.5 Å². The topological polar surface area (TPSA) is 63.2 Å². The fourth-order valence-corrected chi connectivity index (χ4v) is 3.97. The van der Waals surface area contributed by atoms with Crippen LogP contribution >= 0.6 is 0 Å². The maximum Gasteiger partial charge on any atom is 0.271 e. The van der Waals surface area contributed by atoms with Gasteiger partial charge in [0.2, 0.25) is 0 Å². The first-order valence-electron chi connectivity index (χ1n) is 11.3. The summed E-state index contributed by atoms with van der Waals surface area (Å²) in [7, 11) is 1.58. The average Bonchev–Trinajstić information content (AvgIpc) is 2.88. The normalized spacial score (nSPS) is 13.3. The van der Waals surface area contributed by atoms with E-state index in [0.29, 0.717) is 23.7 Å². The Balaban J connectivity index is 1.31. The van der Waals surface area contributed by atoms with Gasteiger partial charge in [-0.15, -0.1) is 0 Å². The molecule has 0 aliphatic carbocycles. The van der Waals surface area contributed by atoms with Gasteiger partial charge in [0.1, 0.15) is 6.61 Å². The molecule has 1 aliphatic heterocycles. The minimum Gasteiger partial charge on any atom is -0.493 e. The number of methoxy groups -OCH3 is 1. The Bertz CT molecular complexity index is 1170. The van der Waals surface area contributed by atoms with Gasteiger partial charge in [0.05, 0.1) is 13.3 Å². The van der Waals surface area contributed by atoms with Crippen LogP contribution in [0.4, 0.5) is 0 Å². The Morgan fingerprint density at radius 2 is 1.88 bits per heavy atom. The van der Waals surface area contributed by atoms with E-state index in [1.165, 1.54) is 16.7 Å². The monoisotopic (exact) mass is 455 g/mol. The highest BCUT2D eigenvalue weighted by Crippen LogP contribution is 2.27. The van der Waals surface area contributed by atoms with Crippen molar-refractivity contribution in [1.29, 1.82) is 0 Å². The summed E-state index contributed by atoms with van der Waals surface area (Å²) in [5.74, 6) is 0.954. The first kappa shape index (κ1) is 23.3. The lowest BCUT2D eigenvalue weighted by Gasteiger charge is -2.28. The van der Waals surface area contributed by atoms with Crippen molar-refractivity contribution in [1.82, 2.24) is 10.3 Å². The zero-order chi connectivity index (χ0) is 23.8. The molecule has 0 radical (unpaired) electrons. The molecule has 1 heterocycles. The number of nitrogens with zero attached hydrogens (tertiary/aromatic N) is 2. The molecule has 1 amide bonds. The van der Waals surface area contributed by atoms with Gasteiger partial charge in [-0.2, -0.15) is 5.10 Å². The van der Waals surface area contributed by atoms with Crippen molar-refractivity contribution in [3.8, 4) is 11.5 Å². The van der Waals surface area contributed by atoms with Crippen LogP contribution in [0.25, 0.3) is 0 Å². The minimum atomic E-state index is -0.257. The van der Waals surface area contributed by atoms with E-state index in [1.807, 2.05) is 30.3 Å². The summed E-state index contributed by atoms with van der Waals surface area (Å²) in [6.07, 6.45) is 4.31. The van der Waals surface area contributed by atoms with Crippen LogP contribution in [0.3, 0.4) is 0 Å². The molecule has 0 fully saturated rings. The largest absolute Gasteiger partial charge is 0.493 e. The molecule has 3 aromatic carbocycles. The number of carbonyl (C=O) groups excluding carboxylic acids is 1. The second-order valence-electron chi connectivity index (χ2n) is 8.14. The molecule has 0 spiro atoms. The van der Waals surface area contributed by atoms with E-state index < -0.39 is 0 Å². The molecule has 0 aromatic heterocycles. The summed E-state index contributed by atoms with van der Waals surface area (Å²) < 4.78 is 10.9. The number of benzene rings is 3. The summed E-state index contributed by atoms with van der Waals surface area (Å²) in [5, 5.41) is 4.08. The number of ether oxygens (including phenoxy) is 2. The maximum atomic E-state index is 12.5. The molecule has 6 nitrogen and oxygen atoms in total. The van der Waals surface area contributed by atoms with Crippen molar-refractivity contribution in [2.75, 3.05) is 20.3 Å². The van der Waals surface area contributed by atoms with Crippen LogP contribution in [0.5, 0.6) is 11.5 Å². The molecular weight excluding hydrogens is 426 g/mol. The molecule has 0 bridgehead atoms. The average molecular weight is 456 g/mol. The van der Waals surface area contributed by atoms with Crippen molar-refractivity contribution < 1.29 is 14.3 Å². The number of amides is 1. The molecule has 0 atom stereocenters. The smallest absolute Gasteiger partial charge is 0.271 e. The summed E-state index contributed by atoms with van der Waals surface area (Å²) >= 11 is 0. The number of rotatable bonds is 9. The van der Waals surface area contributed by atoms with E-state index >= 15 is 0 Å². The highest BCUT2D eigenvalue weighted by Gasteiger charge is 2.16. The van der Waals surface area contributed by atoms with Gasteiger partial charge in [0, 0.05) is 25.2 Å². The number of hydrogen-bond acceptors (Lipinski definition) is 5. The Kier molecular flexibility index (Phi) is 7.73. The van der Waals surface area contributed by atoms with Crippen molar-refractivity contribution in [3.05, 3.63) is 107 Å². The Morgan fingerprint density at radius 3 is 2.65 bits per heavy atom. The third kappa shape index (κ3) is 5.91. The molecule has 1 aliphatic rings. The third-order valence-corrected chi connectivity index (χ3v) is 5.76. The summed E-state index contributed by atoms with van der Waals surface area (Å²) in [6.45, 7) is 6.90. The molecule has 0 unspecified atom stereocenters. The number of fused-ring (bicyclic) bond motifs is 1. The van der Waals surface area contributed by atoms with Gasteiger partial charge in [0.25, 0.3) is 5.91 Å². The van der Waals surface area contributed by atoms with E-state index in [0.717, 1.165) is 31.6 Å². The van der Waals surface area contributed by atoms with Crippen LogP contribution in [-0.4, -0.2) is 37.3 Å². The first-order chi connectivity index (χ1) is 16.7. The van der Waals surface area contributed by atoms with Crippen molar-refractivity contribution in [2.24, 2.45) is 5.10 Å². The van der Waals surface area contributed by atoms with Crippen LogP contribution in [-0.2, 0) is 19.5 Å². The number of hydrazone groups is 1. The van der Waals surface area contributed by atoms with Crippen LogP contribution < -0.4 is 14.9 Å². The lowest BCUT2D eigenvalue weighted by atomic mass is 9.99. The fraction of sp³-hybridized carbons (Fsp3) is 0.214. The van der Waals surface area contributed by atoms with Gasteiger partial charge in [-0.25, -0.2) is 5.43 Å². The van der Waals surface area contributed by atoms with E-state index in [2.05, 4.69) is 46.3 Å². The van der Waals surface area contributed by atoms with Crippen LogP contribution in [0.2, 0.25) is 0 Å². The minimum absolute atomic E-state index is 0.257. The second-order valence-corrected chi connectivity index (χ2v) is 8.14. The Labute approximate surface area is 200 Å². The molecule has 6 heteroatoms. The first-order valence-corrected chi connectivity index (χ1v) is 11.3. The van der Waals surface area contributed by atoms with Gasteiger partial charge >= 0.3 is 0 Å². The standard InChI is InChI=1S/C28H29N3O3/c1-3-16-34-26-13-10-22(17-27(26)33-2)18-29-30-28(32)24-11-8-21(9-12-24)19-31-15-14-23-6-4-5-7-25(23)20-31/h3-13,17-18H,1,14-16,19-20H2,2H3,(H,30,32)/b29-18+. The summed E-state index contributed by atoms with van der Waals surface area (Å²) in [4.78, 5) is 14.9. The fourth-order valence-electron chi connectivity index (χ4n) is 3.97. The van der Waals surface area contributed by atoms with Gasteiger partial charge < -0.3 is 9.47 Å². The molecule has 174 valence electrons. The Hall–Kier alpha value is -3.90. The predicted octanol–water partition coefficient (Wildman–Crippen LogP) is 4.58. The molecule has 0 saturated heterocycles. The quantitative estimate of drug-likeness (QED) is 0.291. The van der Waals surface area contributed by atoms with E-state index in [-0.39, 0.29) is 5.91 Å².